The number of amides is 4. The summed E-state index contributed by atoms with van der Waals surface area (Å²) in [4.78, 5) is 59.0. The van der Waals surface area contributed by atoms with Crippen molar-refractivity contribution in [3.63, 3.8) is 0 Å². The summed E-state index contributed by atoms with van der Waals surface area (Å²) in [5, 5.41) is 7.09. The third-order valence-corrected chi connectivity index (χ3v) is 3.90. The second kappa shape index (κ2) is 12.6. The molecule has 2 aromatic rings. The number of imidazole rings is 1. The van der Waals surface area contributed by atoms with E-state index >= 15 is 0 Å². The van der Waals surface area contributed by atoms with Gasteiger partial charge in [-0.05, 0) is 5.56 Å². The van der Waals surface area contributed by atoms with Crippen molar-refractivity contribution in [2.24, 2.45) is 0 Å². The molecular formula is C19H24N6O6. The molecule has 2 rings (SSSR count). The maximum Gasteiger partial charge on any atom is 0.339 e. The molecule has 12 heteroatoms. The van der Waals surface area contributed by atoms with Gasteiger partial charge in [0.25, 0.3) is 0 Å². The van der Waals surface area contributed by atoms with Crippen LogP contribution in [0.5, 0.6) is 0 Å². The molecule has 0 aliphatic carbocycles. The van der Waals surface area contributed by atoms with Crippen LogP contribution in [-0.4, -0.2) is 60.0 Å². The summed E-state index contributed by atoms with van der Waals surface area (Å²) >= 11 is 0. The number of aromatic amines is 1. The van der Waals surface area contributed by atoms with Gasteiger partial charge in [0.1, 0.15) is 6.04 Å². The summed E-state index contributed by atoms with van der Waals surface area (Å²) in [6, 6.07) is 7.54. The lowest BCUT2D eigenvalue weighted by Gasteiger charge is -2.16. The minimum absolute atomic E-state index is 0.150. The zero-order valence-electron chi connectivity index (χ0n) is 16.8. The Hall–Kier alpha value is -3.93. The van der Waals surface area contributed by atoms with Gasteiger partial charge in [-0.15, -0.1) is 0 Å². The number of rotatable bonds is 11. The fraction of sp³-hybridized carbons (Fsp3) is 0.316. The van der Waals surface area contributed by atoms with Crippen LogP contribution in [0.3, 0.4) is 0 Å². The lowest BCUT2D eigenvalue weighted by atomic mass is 10.1. The first-order chi connectivity index (χ1) is 15.0. The average molecular weight is 432 g/mol. The molecule has 0 aliphatic heterocycles. The van der Waals surface area contributed by atoms with Crippen molar-refractivity contribution < 1.29 is 28.8 Å². The Balaban J connectivity index is 1.64. The molecule has 1 heterocycles. The molecule has 1 aromatic heterocycles. The van der Waals surface area contributed by atoms with Gasteiger partial charge in [0.05, 0.1) is 33.1 Å². The predicted molar refractivity (Wildman–Crippen MR) is 107 cm³/mol. The maximum absolute atomic E-state index is 12.0. The number of aromatic nitrogens is 2. The number of hydroxylamine groups is 1. The van der Waals surface area contributed by atoms with Crippen LogP contribution in [0.1, 0.15) is 11.3 Å². The number of H-pyrrole nitrogens is 1. The quantitative estimate of drug-likeness (QED) is 0.228. The van der Waals surface area contributed by atoms with Gasteiger partial charge in [-0.2, -0.15) is 0 Å². The Morgan fingerprint density at radius 3 is 2.48 bits per heavy atom. The van der Waals surface area contributed by atoms with Crippen molar-refractivity contribution in [2.45, 2.75) is 19.1 Å². The minimum atomic E-state index is -0.944. The molecular weight excluding hydrogens is 408 g/mol. The first-order valence-electron chi connectivity index (χ1n) is 9.28. The van der Waals surface area contributed by atoms with Crippen molar-refractivity contribution in [3.05, 3.63) is 54.1 Å². The molecule has 1 atom stereocenters. The second-order valence-electron chi connectivity index (χ2n) is 6.26. The average Bonchev–Trinajstić information content (AvgIpc) is 3.29. The number of carbonyl (C=O) groups is 4. The highest BCUT2D eigenvalue weighted by atomic mass is 16.7. The highest BCUT2D eigenvalue weighted by Crippen LogP contribution is 2.00. The van der Waals surface area contributed by atoms with E-state index in [1.54, 1.807) is 0 Å². The molecule has 5 N–H and O–H groups in total. The molecule has 0 unspecified atom stereocenters. The Labute approximate surface area is 178 Å². The van der Waals surface area contributed by atoms with E-state index < -0.39 is 29.9 Å². The minimum Gasteiger partial charge on any atom is -0.467 e. The maximum atomic E-state index is 12.0. The zero-order valence-corrected chi connectivity index (χ0v) is 16.8. The number of urea groups is 1. The van der Waals surface area contributed by atoms with E-state index in [4.69, 9.17) is 4.84 Å². The third-order valence-electron chi connectivity index (χ3n) is 3.90. The number of nitrogens with one attached hydrogen (secondary N) is 5. The lowest BCUT2D eigenvalue weighted by molar-refractivity contribution is -0.145. The first-order valence-corrected chi connectivity index (χ1v) is 9.28. The molecule has 31 heavy (non-hydrogen) atoms. The van der Waals surface area contributed by atoms with Gasteiger partial charge in [-0.25, -0.2) is 20.1 Å². The summed E-state index contributed by atoms with van der Waals surface area (Å²) < 4.78 is 4.67. The summed E-state index contributed by atoms with van der Waals surface area (Å²) in [5.74, 6) is -1.83. The summed E-state index contributed by atoms with van der Waals surface area (Å²) in [6.07, 6.45) is 3.11. The van der Waals surface area contributed by atoms with Crippen molar-refractivity contribution in [1.82, 2.24) is 31.4 Å². The lowest BCUT2D eigenvalue weighted by Crippen LogP contribution is -2.48. The van der Waals surface area contributed by atoms with Crippen LogP contribution in [0.4, 0.5) is 4.79 Å². The third kappa shape index (κ3) is 8.95. The van der Waals surface area contributed by atoms with Gasteiger partial charge in [-0.3, -0.25) is 14.4 Å². The van der Waals surface area contributed by atoms with Crippen molar-refractivity contribution in [1.29, 1.82) is 0 Å². The molecule has 166 valence electrons. The topological polar surface area (TPSA) is 164 Å². The number of nitrogens with zero attached hydrogens (tertiary/aromatic N) is 1. The van der Waals surface area contributed by atoms with Crippen LogP contribution in [0.15, 0.2) is 42.9 Å². The van der Waals surface area contributed by atoms with Crippen molar-refractivity contribution in [2.75, 3.05) is 20.2 Å². The first kappa shape index (κ1) is 23.3. The van der Waals surface area contributed by atoms with Gasteiger partial charge in [0.15, 0.2) is 0 Å². The monoisotopic (exact) mass is 432 g/mol. The molecule has 0 saturated heterocycles. The standard InChI is InChI=1S/C19H24N6O6/c1-30-18(28)15(7-14-8-20-12-23-14)24-17(27)10-21-16(26)9-22-19(29)25-31-11-13-5-3-2-4-6-13/h2-6,8,12,15H,7,9-11H2,1H3,(H,20,23)(H,21,26)(H,24,27)(H2,22,25,29)/t15-/m0/s1. The molecule has 12 nitrogen and oxygen atoms in total. The van der Waals surface area contributed by atoms with Crippen LogP contribution < -0.4 is 21.4 Å². The fourth-order valence-corrected chi connectivity index (χ4v) is 2.39. The molecule has 0 saturated carbocycles. The van der Waals surface area contributed by atoms with E-state index in [0.717, 1.165) is 5.56 Å². The summed E-state index contributed by atoms with van der Waals surface area (Å²) in [6.45, 7) is -0.591. The Kier molecular flexibility index (Phi) is 9.49. The summed E-state index contributed by atoms with van der Waals surface area (Å²) in [5.41, 5.74) is 3.64. The van der Waals surface area contributed by atoms with E-state index in [0.29, 0.717) is 5.69 Å². The van der Waals surface area contributed by atoms with Crippen LogP contribution >= 0.6 is 0 Å². The number of esters is 1. The van der Waals surface area contributed by atoms with E-state index in [9.17, 15) is 19.2 Å². The number of carbonyl (C=O) groups excluding carboxylic acids is 4. The number of methoxy groups -OCH3 is 1. The van der Waals surface area contributed by atoms with E-state index in [2.05, 4.69) is 36.1 Å². The van der Waals surface area contributed by atoms with Crippen LogP contribution in [0, 0.1) is 0 Å². The van der Waals surface area contributed by atoms with Crippen LogP contribution in [0.2, 0.25) is 0 Å². The van der Waals surface area contributed by atoms with Crippen LogP contribution in [0.25, 0.3) is 0 Å². The van der Waals surface area contributed by atoms with Gasteiger partial charge in [0.2, 0.25) is 11.8 Å². The Morgan fingerprint density at radius 1 is 1.06 bits per heavy atom. The van der Waals surface area contributed by atoms with Gasteiger partial charge >= 0.3 is 12.0 Å². The highest BCUT2D eigenvalue weighted by molar-refractivity contribution is 5.89. The Bertz CT molecular complexity index is 858. The van der Waals surface area contributed by atoms with E-state index in [1.807, 2.05) is 30.3 Å². The highest BCUT2D eigenvalue weighted by Gasteiger charge is 2.22. The molecule has 0 spiro atoms. The Morgan fingerprint density at radius 2 is 1.81 bits per heavy atom. The van der Waals surface area contributed by atoms with Gasteiger partial charge in [-0.1, -0.05) is 30.3 Å². The largest absolute Gasteiger partial charge is 0.467 e. The number of hydrogen-bond donors (Lipinski definition) is 5. The van der Waals surface area contributed by atoms with Gasteiger partial charge in [0, 0.05) is 18.3 Å². The SMILES string of the molecule is COC(=O)[C@H](Cc1cnc[nH]1)NC(=O)CNC(=O)CNC(=O)NOCc1ccccc1. The molecule has 0 fully saturated rings. The normalized spacial score (nSPS) is 11.1. The molecule has 4 amide bonds. The fourth-order valence-electron chi connectivity index (χ4n) is 2.39. The number of benzene rings is 1. The summed E-state index contributed by atoms with van der Waals surface area (Å²) in [7, 11) is 1.20. The zero-order chi connectivity index (χ0) is 22.5. The van der Waals surface area contributed by atoms with E-state index in [1.165, 1.54) is 19.6 Å². The van der Waals surface area contributed by atoms with Crippen molar-refractivity contribution in [3.8, 4) is 0 Å². The van der Waals surface area contributed by atoms with Crippen molar-refractivity contribution >= 4 is 23.8 Å². The van der Waals surface area contributed by atoms with E-state index in [-0.39, 0.29) is 26.1 Å². The number of ether oxygens (including phenoxy) is 1. The smallest absolute Gasteiger partial charge is 0.339 e. The van der Waals surface area contributed by atoms with Gasteiger partial charge < -0.3 is 25.7 Å². The predicted octanol–water partition coefficient (Wildman–Crippen LogP) is -0.843. The number of hydrogen-bond acceptors (Lipinski definition) is 7. The molecule has 0 radical (unpaired) electrons. The molecule has 1 aromatic carbocycles. The molecule has 0 aliphatic rings. The second-order valence-corrected chi connectivity index (χ2v) is 6.26. The van der Waals surface area contributed by atoms with Crippen LogP contribution in [-0.2, 0) is 37.0 Å². The molecule has 0 bridgehead atoms.